The van der Waals surface area contributed by atoms with Gasteiger partial charge < -0.3 is 24.5 Å². The van der Waals surface area contributed by atoms with Crippen LogP contribution >= 0.6 is 7.75 Å². The number of carbonyl (C=O) groups excluding carboxylic acids is 2. The first-order valence-electron chi connectivity index (χ1n) is 14.6. The van der Waals surface area contributed by atoms with E-state index < -0.39 is 43.5 Å². The van der Waals surface area contributed by atoms with Gasteiger partial charge in [-0.2, -0.15) is 15.4 Å². The predicted molar refractivity (Wildman–Crippen MR) is 163 cm³/mol. The van der Waals surface area contributed by atoms with Crippen molar-refractivity contribution in [2.24, 2.45) is 5.41 Å². The first kappa shape index (κ1) is 33.9. The second-order valence-corrected chi connectivity index (χ2v) is 13.3. The van der Waals surface area contributed by atoms with Gasteiger partial charge in [-0.1, -0.05) is 45.4 Å². The lowest BCUT2D eigenvalue weighted by Gasteiger charge is -2.27. The smallest absolute Gasteiger partial charge is 0.459 e. The standard InChI is InChI=1S/C30H39N6O8P/c1-6-29(4,5)14-15-40-28(38)20(2)35-45(39,44-22-10-8-7-9-11-22)41-17-23-16-26(42-21(3)37)30(18-31,43-23)25-13-12-24-27(32)33-19-34-36(24)25/h7-13,19-20,23,26H,6,14-17H2,1-5H3,(H,35,39)(H2,32,33,34)/t20-,23-,26+,30-,45?/m0/s1. The molecule has 1 aliphatic heterocycles. The molecule has 14 nitrogen and oxygen atoms in total. The monoisotopic (exact) mass is 642 g/mol. The van der Waals surface area contributed by atoms with Gasteiger partial charge in [0.05, 0.1) is 25.0 Å². The van der Waals surface area contributed by atoms with E-state index in [0.717, 1.165) is 6.42 Å². The molecule has 1 aliphatic rings. The highest BCUT2D eigenvalue weighted by atomic mass is 31.2. The van der Waals surface area contributed by atoms with Crippen LogP contribution in [0.5, 0.6) is 5.75 Å². The van der Waals surface area contributed by atoms with Gasteiger partial charge in [-0.25, -0.2) is 14.1 Å². The quantitative estimate of drug-likeness (QED) is 0.187. The number of para-hydroxylation sites is 1. The molecule has 3 N–H and O–H groups in total. The number of rotatable bonds is 14. The fourth-order valence-electron chi connectivity index (χ4n) is 4.75. The number of nitrogens with two attached hydrogens (primary N) is 1. The summed E-state index contributed by atoms with van der Waals surface area (Å²) >= 11 is 0. The third-order valence-electron chi connectivity index (χ3n) is 7.70. The van der Waals surface area contributed by atoms with Gasteiger partial charge in [-0.05, 0) is 43.0 Å². The zero-order valence-electron chi connectivity index (χ0n) is 26.0. The summed E-state index contributed by atoms with van der Waals surface area (Å²) in [7, 11) is -4.24. The van der Waals surface area contributed by atoms with Crippen molar-refractivity contribution in [3.63, 3.8) is 0 Å². The minimum absolute atomic E-state index is 0.00236. The average Bonchev–Trinajstić information content (AvgIpc) is 3.59. The van der Waals surface area contributed by atoms with Crippen LogP contribution in [0.2, 0.25) is 0 Å². The Labute approximate surface area is 261 Å². The second-order valence-electron chi connectivity index (χ2n) is 11.6. The zero-order valence-corrected chi connectivity index (χ0v) is 26.9. The van der Waals surface area contributed by atoms with Gasteiger partial charge in [0.2, 0.25) is 5.60 Å². The number of aromatic nitrogens is 3. The number of benzene rings is 1. The fraction of sp³-hybridized carbons (Fsp3) is 0.500. The maximum absolute atomic E-state index is 14.1. The maximum Gasteiger partial charge on any atom is 0.459 e. The van der Waals surface area contributed by atoms with Crippen molar-refractivity contribution >= 4 is 31.0 Å². The molecule has 4 rings (SSSR count). The summed E-state index contributed by atoms with van der Waals surface area (Å²) in [6, 6.07) is 12.6. The second kappa shape index (κ2) is 14.0. The van der Waals surface area contributed by atoms with Crippen molar-refractivity contribution in [3.05, 3.63) is 54.5 Å². The summed E-state index contributed by atoms with van der Waals surface area (Å²) in [6.07, 6.45) is 0.849. The molecule has 242 valence electrons. The molecule has 2 aromatic heterocycles. The fourth-order valence-corrected chi connectivity index (χ4v) is 6.27. The minimum Gasteiger partial charge on any atom is -0.465 e. The molecule has 0 aliphatic carbocycles. The number of fused-ring (bicyclic) bond motifs is 1. The molecule has 0 bridgehead atoms. The topological polar surface area (TPSA) is 189 Å². The highest BCUT2D eigenvalue weighted by molar-refractivity contribution is 7.52. The Morgan fingerprint density at radius 1 is 1.29 bits per heavy atom. The molecule has 0 spiro atoms. The van der Waals surface area contributed by atoms with Gasteiger partial charge in [0.1, 0.15) is 29.7 Å². The van der Waals surface area contributed by atoms with Crippen molar-refractivity contribution in [3.8, 4) is 11.8 Å². The highest BCUT2D eigenvalue weighted by Crippen LogP contribution is 2.47. The highest BCUT2D eigenvalue weighted by Gasteiger charge is 2.55. The summed E-state index contributed by atoms with van der Waals surface area (Å²) in [5.74, 6) is -0.849. The van der Waals surface area contributed by atoms with E-state index in [1.54, 1.807) is 42.5 Å². The SMILES string of the molecule is CCC(C)(C)CCOC(=O)[C@H](C)NP(=O)(OC[C@@H]1C[C@@H](OC(C)=O)[C@](C#N)(c2ccc3c(N)ncnn23)O1)Oc1ccccc1. The van der Waals surface area contributed by atoms with Crippen LogP contribution < -0.4 is 15.3 Å². The van der Waals surface area contributed by atoms with Gasteiger partial charge in [0.25, 0.3) is 0 Å². The predicted octanol–water partition coefficient (Wildman–Crippen LogP) is 4.30. The Morgan fingerprint density at radius 3 is 2.69 bits per heavy atom. The van der Waals surface area contributed by atoms with Gasteiger partial charge in [-0.15, -0.1) is 0 Å². The molecule has 1 aromatic carbocycles. The number of ether oxygens (including phenoxy) is 3. The zero-order chi connectivity index (χ0) is 32.8. The summed E-state index contributed by atoms with van der Waals surface area (Å²) in [4.78, 5) is 28.8. The van der Waals surface area contributed by atoms with Crippen LogP contribution in [0.3, 0.4) is 0 Å². The lowest BCUT2D eigenvalue weighted by atomic mass is 9.87. The molecule has 0 radical (unpaired) electrons. The van der Waals surface area contributed by atoms with Crippen LogP contribution in [0.1, 0.15) is 59.6 Å². The average molecular weight is 643 g/mol. The van der Waals surface area contributed by atoms with E-state index in [9.17, 15) is 19.4 Å². The lowest BCUT2D eigenvalue weighted by molar-refractivity contribution is -0.154. The molecule has 0 saturated carbocycles. The van der Waals surface area contributed by atoms with Crippen LogP contribution in [0.15, 0.2) is 48.8 Å². The van der Waals surface area contributed by atoms with Crippen LogP contribution in [0, 0.1) is 16.7 Å². The van der Waals surface area contributed by atoms with Gasteiger partial charge in [0.15, 0.2) is 11.9 Å². The summed E-state index contributed by atoms with van der Waals surface area (Å²) in [5.41, 5.74) is 4.86. The Kier molecular flexibility index (Phi) is 10.5. The maximum atomic E-state index is 14.1. The summed E-state index contributed by atoms with van der Waals surface area (Å²) in [5, 5.41) is 17.3. The Morgan fingerprint density at radius 2 is 2.02 bits per heavy atom. The van der Waals surface area contributed by atoms with Crippen LogP contribution in [-0.2, 0) is 38.5 Å². The van der Waals surface area contributed by atoms with Gasteiger partial charge in [-0.3, -0.25) is 14.1 Å². The molecular weight excluding hydrogens is 603 g/mol. The molecule has 1 fully saturated rings. The Balaban J connectivity index is 1.54. The molecule has 3 aromatic rings. The van der Waals surface area contributed by atoms with Crippen LogP contribution in [-0.4, -0.2) is 58.0 Å². The molecule has 1 saturated heterocycles. The van der Waals surface area contributed by atoms with E-state index in [0.29, 0.717) is 11.9 Å². The van der Waals surface area contributed by atoms with E-state index >= 15 is 0 Å². The number of hydrogen-bond acceptors (Lipinski definition) is 12. The molecule has 0 amide bonds. The molecule has 5 atom stereocenters. The van der Waals surface area contributed by atoms with E-state index in [1.807, 2.05) is 0 Å². The molecule has 15 heteroatoms. The third-order valence-corrected chi connectivity index (χ3v) is 9.35. The number of nitrogens with one attached hydrogen (secondary N) is 1. The Bertz CT molecular complexity index is 1590. The number of hydrogen-bond donors (Lipinski definition) is 2. The first-order valence-corrected chi connectivity index (χ1v) is 16.1. The van der Waals surface area contributed by atoms with E-state index in [-0.39, 0.29) is 42.3 Å². The third kappa shape index (κ3) is 7.99. The van der Waals surface area contributed by atoms with Crippen molar-refractivity contribution in [2.45, 2.75) is 77.7 Å². The number of nitriles is 1. The van der Waals surface area contributed by atoms with Crippen LogP contribution in [0.4, 0.5) is 5.82 Å². The van der Waals surface area contributed by atoms with Crippen molar-refractivity contribution in [1.82, 2.24) is 19.7 Å². The summed E-state index contributed by atoms with van der Waals surface area (Å²) < 4.78 is 44.2. The number of anilines is 1. The minimum atomic E-state index is -4.24. The van der Waals surface area contributed by atoms with Crippen molar-refractivity contribution in [2.75, 3.05) is 18.9 Å². The number of esters is 2. The Hall–Kier alpha value is -4.02. The number of carbonyl (C=O) groups is 2. The van der Waals surface area contributed by atoms with Gasteiger partial charge in [0, 0.05) is 13.3 Å². The van der Waals surface area contributed by atoms with E-state index in [4.69, 9.17) is 29.0 Å². The first-order chi connectivity index (χ1) is 21.3. The van der Waals surface area contributed by atoms with Gasteiger partial charge >= 0.3 is 19.7 Å². The molecular formula is C30H39N6O8P. The lowest BCUT2D eigenvalue weighted by Crippen LogP contribution is -2.39. The number of nitrogen functional groups attached to an aromatic ring is 1. The summed E-state index contributed by atoms with van der Waals surface area (Å²) in [6.45, 7) is 8.78. The van der Waals surface area contributed by atoms with Crippen molar-refractivity contribution in [1.29, 1.82) is 5.26 Å². The van der Waals surface area contributed by atoms with E-state index in [2.05, 4.69) is 42.0 Å². The van der Waals surface area contributed by atoms with Crippen LogP contribution in [0.25, 0.3) is 5.52 Å². The van der Waals surface area contributed by atoms with Crippen molar-refractivity contribution < 1.29 is 37.4 Å². The molecule has 1 unspecified atom stereocenters. The van der Waals surface area contributed by atoms with E-state index in [1.165, 1.54) is 24.7 Å². The normalized spacial score (nSPS) is 21.9. The number of nitrogens with zero attached hydrogens (tertiary/aromatic N) is 4. The molecule has 3 heterocycles. The largest absolute Gasteiger partial charge is 0.465 e. The molecule has 45 heavy (non-hydrogen) atoms.